The number of alkyl halides is 3. The molecule has 0 aliphatic carbocycles. The fraction of sp³-hybridized carbons (Fsp3) is 0.389. The standard InChI is InChI=1S/C18H18Cl3N5O5/c1-16(2,3)23-12(27)17(9-22,13(28)31-10-18(19,20)21)26-15(30)25(14(29)24-26)11-7-5-4-6-8-11/h4-8H,10H2,1-3H3,(H,23,27)(H,24,29). The summed E-state index contributed by atoms with van der Waals surface area (Å²) in [5, 5.41) is 14.4. The van der Waals surface area contributed by atoms with Gasteiger partial charge in [0.1, 0.15) is 12.7 Å². The number of rotatable bonds is 5. The highest BCUT2D eigenvalue weighted by Crippen LogP contribution is 2.27. The van der Waals surface area contributed by atoms with Crippen LogP contribution in [0.15, 0.2) is 39.9 Å². The van der Waals surface area contributed by atoms with Gasteiger partial charge >= 0.3 is 22.9 Å². The first-order chi connectivity index (χ1) is 14.2. The van der Waals surface area contributed by atoms with Crippen LogP contribution in [0.4, 0.5) is 0 Å². The van der Waals surface area contributed by atoms with Gasteiger partial charge in [-0.3, -0.25) is 4.79 Å². The summed E-state index contributed by atoms with van der Waals surface area (Å²) in [6.07, 6.45) is 0. The first-order valence-corrected chi connectivity index (χ1v) is 9.84. The minimum Gasteiger partial charge on any atom is -0.458 e. The van der Waals surface area contributed by atoms with Crippen LogP contribution in [0.5, 0.6) is 0 Å². The molecule has 1 heterocycles. The summed E-state index contributed by atoms with van der Waals surface area (Å²) in [6.45, 7) is 3.93. The first-order valence-electron chi connectivity index (χ1n) is 8.71. The summed E-state index contributed by atoms with van der Waals surface area (Å²) in [7, 11) is 0. The lowest BCUT2D eigenvalue weighted by Gasteiger charge is -2.29. The molecule has 1 aromatic heterocycles. The number of carbonyl (C=O) groups excluding carboxylic acids is 2. The lowest BCUT2D eigenvalue weighted by atomic mass is 9.98. The SMILES string of the molecule is CC(C)(C)NC(=O)C(C#N)(C(=O)OCC(Cl)(Cl)Cl)n1[nH]c(=O)n(-c2ccccc2)c1=O. The third-order valence-corrected chi connectivity index (χ3v) is 4.11. The number of aromatic amines is 1. The number of nitrogens with one attached hydrogen (secondary N) is 2. The van der Waals surface area contributed by atoms with Gasteiger partial charge in [-0.25, -0.2) is 24.0 Å². The Labute approximate surface area is 191 Å². The van der Waals surface area contributed by atoms with Gasteiger partial charge in [0.15, 0.2) is 0 Å². The molecule has 0 saturated carbocycles. The molecule has 1 amide bonds. The summed E-state index contributed by atoms with van der Waals surface area (Å²) >= 11 is 16.7. The van der Waals surface area contributed by atoms with E-state index in [1.54, 1.807) is 39.0 Å². The van der Waals surface area contributed by atoms with E-state index in [2.05, 4.69) is 10.4 Å². The van der Waals surface area contributed by atoms with E-state index in [9.17, 15) is 24.4 Å². The normalized spacial score (nSPS) is 13.7. The van der Waals surface area contributed by atoms with Crippen LogP contribution in [-0.2, 0) is 19.9 Å². The summed E-state index contributed by atoms with van der Waals surface area (Å²) in [5.41, 5.74) is -5.87. The van der Waals surface area contributed by atoms with Gasteiger partial charge in [-0.15, -0.1) is 0 Å². The number of hydrogen-bond acceptors (Lipinski definition) is 6. The molecule has 0 spiro atoms. The Hall–Kier alpha value is -2.74. The Balaban J connectivity index is 2.73. The largest absolute Gasteiger partial charge is 0.458 e. The molecule has 31 heavy (non-hydrogen) atoms. The molecular weight excluding hydrogens is 473 g/mol. The number of halogens is 3. The van der Waals surface area contributed by atoms with Crippen molar-refractivity contribution in [3.05, 3.63) is 51.3 Å². The Morgan fingerprint density at radius 1 is 1.16 bits per heavy atom. The van der Waals surface area contributed by atoms with Crippen LogP contribution in [0.25, 0.3) is 5.69 Å². The zero-order valence-electron chi connectivity index (χ0n) is 16.6. The highest BCUT2D eigenvalue weighted by atomic mass is 35.6. The van der Waals surface area contributed by atoms with E-state index in [0.717, 1.165) is 0 Å². The average molecular weight is 491 g/mol. The first kappa shape index (κ1) is 24.5. The van der Waals surface area contributed by atoms with E-state index in [1.165, 1.54) is 18.2 Å². The van der Waals surface area contributed by atoms with Crippen molar-refractivity contribution in [2.45, 2.75) is 35.6 Å². The number of carbonyl (C=O) groups is 2. The molecule has 2 rings (SSSR count). The number of hydrogen-bond donors (Lipinski definition) is 2. The van der Waals surface area contributed by atoms with Crippen molar-refractivity contribution in [2.75, 3.05) is 6.61 Å². The van der Waals surface area contributed by atoms with Crippen LogP contribution in [0.2, 0.25) is 0 Å². The number of esters is 1. The van der Waals surface area contributed by atoms with E-state index in [0.29, 0.717) is 9.25 Å². The number of nitrogens with zero attached hydrogens (tertiary/aromatic N) is 3. The van der Waals surface area contributed by atoms with Crippen molar-refractivity contribution >= 4 is 46.7 Å². The van der Waals surface area contributed by atoms with Crippen molar-refractivity contribution < 1.29 is 14.3 Å². The maximum absolute atomic E-state index is 13.1. The van der Waals surface area contributed by atoms with Crippen LogP contribution < -0.4 is 16.7 Å². The molecule has 1 atom stereocenters. The molecule has 10 nitrogen and oxygen atoms in total. The summed E-state index contributed by atoms with van der Waals surface area (Å²) in [5.74, 6) is -2.74. The van der Waals surface area contributed by atoms with Gasteiger partial charge in [0.2, 0.25) is 3.79 Å². The van der Waals surface area contributed by atoms with Crippen LogP contribution in [0, 0.1) is 11.3 Å². The third-order valence-electron chi connectivity index (χ3n) is 3.78. The van der Waals surface area contributed by atoms with Gasteiger partial charge < -0.3 is 10.1 Å². The molecule has 0 radical (unpaired) electrons. The molecule has 1 aromatic carbocycles. The number of benzene rings is 1. The second kappa shape index (κ2) is 8.78. The molecule has 0 aliphatic rings. The van der Waals surface area contributed by atoms with Crippen molar-refractivity contribution in [1.29, 1.82) is 5.26 Å². The monoisotopic (exact) mass is 489 g/mol. The fourth-order valence-corrected chi connectivity index (χ4v) is 2.69. The average Bonchev–Trinajstić information content (AvgIpc) is 2.94. The third kappa shape index (κ3) is 5.31. The summed E-state index contributed by atoms with van der Waals surface area (Å²) in [6, 6.07) is 9.18. The topological polar surface area (TPSA) is 139 Å². The molecule has 2 N–H and O–H groups in total. The smallest absolute Gasteiger partial charge is 0.359 e. The zero-order valence-corrected chi connectivity index (χ0v) is 18.9. The minimum absolute atomic E-state index is 0.144. The molecule has 166 valence electrons. The van der Waals surface area contributed by atoms with E-state index in [-0.39, 0.29) is 5.69 Å². The zero-order chi connectivity index (χ0) is 23.6. The minimum atomic E-state index is -2.94. The van der Waals surface area contributed by atoms with Gasteiger partial charge in [-0.2, -0.15) is 9.94 Å². The van der Waals surface area contributed by atoms with Crippen molar-refractivity contribution in [2.24, 2.45) is 0 Å². The van der Waals surface area contributed by atoms with E-state index < -0.39 is 44.7 Å². The lowest BCUT2D eigenvalue weighted by molar-refractivity contribution is -0.157. The summed E-state index contributed by atoms with van der Waals surface area (Å²) < 4.78 is 3.75. The van der Waals surface area contributed by atoms with Crippen molar-refractivity contribution in [1.82, 2.24) is 19.7 Å². The number of ether oxygens (including phenoxy) is 1. The van der Waals surface area contributed by atoms with Crippen LogP contribution in [-0.4, -0.2) is 42.2 Å². The highest BCUT2D eigenvalue weighted by Gasteiger charge is 2.54. The second-order valence-electron chi connectivity index (χ2n) is 7.42. The molecular formula is C18H18Cl3N5O5. The number of H-pyrrole nitrogens is 1. The van der Waals surface area contributed by atoms with Crippen molar-refractivity contribution in [3.63, 3.8) is 0 Å². The molecule has 0 saturated heterocycles. The van der Waals surface area contributed by atoms with Crippen LogP contribution in [0.3, 0.4) is 0 Å². The Morgan fingerprint density at radius 3 is 2.23 bits per heavy atom. The van der Waals surface area contributed by atoms with Crippen LogP contribution in [0.1, 0.15) is 20.8 Å². The fourth-order valence-electron chi connectivity index (χ4n) is 2.53. The van der Waals surface area contributed by atoms with E-state index in [4.69, 9.17) is 39.5 Å². The second-order valence-corrected chi connectivity index (χ2v) is 9.94. The van der Waals surface area contributed by atoms with Gasteiger partial charge in [0, 0.05) is 5.54 Å². The Morgan fingerprint density at radius 2 is 1.74 bits per heavy atom. The van der Waals surface area contributed by atoms with E-state index in [1.807, 2.05) is 0 Å². The van der Waals surface area contributed by atoms with Crippen molar-refractivity contribution in [3.8, 4) is 11.8 Å². The molecule has 2 aromatic rings. The molecule has 0 aliphatic heterocycles. The number of para-hydroxylation sites is 1. The maximum Gasteiger partial charge on any atom is 0.359 e. The lowest BCUT2D eigenvalue weighted by Crippen LogP contribution is -2.61. The quantitative estimate of drug-likeness (QED) is 0.369. The molecule has 13 heteroatoms. The number of aromatic nitrogens is 3. The van der Waals surface area contributed by atoms with E-state index >= 15 is 0 Å². The predicted octanol–water partition coefficient (Wildman–Crippen LogP) is 1.37. The molecule has 0 fully saturated rings. The highest BCUT2D eigenvalue weighted by molar-refractivity contribution is 6.67. The molecule has 0 bridgehead atoms. The number of amides is 1. The Bertz CT molecular complexity index is 1130. The van der Waals surface area contributed by atoms with Gasteiger partial charge in [-0.1, -0.05) is 53.0 Å². The van der Waals surface area contributed by atoms with Gasteiger partial charge in [0.05, 0.1) is 5.69 Å². The Kier molecular flexibility index (Phi) is 6.95. The van der Waals surface area contributed by atoms with Gasteiger partial charge in [-0.05, 0) is 32.9 Å². The van der Waals surface area contributed by atoms with Gasteiger partial charge in [0.25, 0.3) is 5.91 Å². The molecule has 1 unspecified atom stereocenters. The summed E-state index contributed by atoms with van der Waals surface area (Å²) in [4.78, 5) is 51.5. The van der Waals surface area contributed by atoms with Crippen LogP contribution >= 0.6 is 34.8 Å². The maximum atomic E-state index is 13.1. The number of nitriles is 1. The predicted molar refractivity (Wildman–Crippen MR) is 113 cm³/mol.